The van der Waals surface area contributed by atoms with Crippen molar-refractivity contribution in [3.05, 3.63) is 41.5 Å². The molecule has 0 heterocycles. The van der Waals surface area contributed by atoms with E-state index >= 15 is 0 Å². The highest BCUT2D eigenvalue weighted by Crippen LogP contribution is 2.22. The van der Waals surface area contributed by atoms with Gasteiger partial charge in [0.15, 0.2) is 0 Å². The first kappa shape index (κ1) is 20.0. The minimum atomic E-state index is 0.249. The summed E-state index contributed by atoms with van der Waals surface area (Å²) >= 11 is 0. The van der Waals surface area contributed by atoms with E-state index in [9.17, 15) is 0 Å². The number of allylic oxidation sites excluding steroid dienone is 1. The van der Waals surface area contributed by atoms with E-state index in [0.29, 0.717) is 0 Å². The number of hydrogen-bond acceptors (Lipinski definition) is 0. The smallest absolute Gasteiger partial charge is 0.0132 e. The van der Waals surface area contributed by atoms with Gasteiger partial charge in [0.1, 0.15) is 0 Å². The molecule has 23 heavy (non-hydrogen) atoms. The molecule has 0 aliphatic carbocycles. The molecule has 0 nitrogen and oxygen atoms in total. The first-order valence-corrected chi connectivity index (χ1v) is 9.81. The highest BCUT2D eigenvalue weighted by molar-refractivity contribution is 5.50. The van der Waals surface area contributed by atoms with Crippen LogP contribution in [0.3, 0.4) is 0 Å². The van der Waals surface area contributed by atoms with Crippen molar-refractivity contribution in [3.8, 4) is 0 Å². The lowest BCUT2D eigenvalue weighted by Crippen LogP contribution is -2.10. The average molecular weight is 315 g/mol. The standard InChI is InChI=1S/C23H38/c1-5-6-7-8-9-10-11-12-13-14-15-16-21-17-19-22(20-18-21)23(2,3)4/h15-20H,5-14H2,1-4H3/b16-15-. The van der Waals surface area contributed by atoms with Gasteiger partial charge in [-0.3, -0.25) is 0 Å². The second-order valence-electron chi connectivity index (χ2n) is 7.89. The Morgan fingerprint density at radius 1 is 0.739 bits per heavy atom. The Bertz CT molecular complexity index is 416. The van der Waals surface area contributed by atoms with Gasteiger partial charge in [-0.1, -0.05) is 115 Å². The third kappa shape index (κ3) is 9.64. The quantitative estimate of drug-likeness (QED) is 0.364. The third-order valence-corrected chi connectivity index (χ3v) is 4.56. The lowest BCUT2D eigenvalue weighted by molar-refractivity contribution is 0.566. The summed E-state index contributed by atoms with van der Waals surface area (Å²) in [6.07, 6.45) is 18.5. The van der Waals surface area contributed by atoms with Crippen LogP contribution in [0.25, 0.3) is 6.08 Å². The lowest BCUT2D eigenvalue weighted by atomic mass is 9.87. The van der Waals surface area contributed by atoms with Crippen LogP contribution >= 0.6 is 0 Å². The molecule has 0 N–H and O–H groups in total. The van der Waals surface area contributed by atoms with E-state index in [4.69, 9.17) is 0 Å². The molecule has 0 radical (unpaired) electrons. The highest BCUT2D eigenvalue weighted by atomic mass is 14.2. The van der Waals surface area contributed by atoms with Crippen LogP contribution in [-0.4, -0.2) is 0 Å². The summed E-state index contributed by atoms with van der Waals surface area (Å²) < 4.78 is 0. The van der Waals surface area contributed by atoms with Crippen LogP contribution in [0.1, 0.15) is 103 Å². The maximum atomic E-state index is 2.34. The largest absolute Gasteiger partial charge is 0.0839 e. The molecule has 0 atom stereocenters. The van der Waals surface area contributed by atoms with Crippen molar-refractivity contribution in [2.75, 3.05) is 0 Å². The van der Waals surface area contributed by atoms with Crippen LogP contribution in [-0.2, 0) is 5.41 Å². The van der Waals surface area contributed by atoms with Crippen molar-refractivity contribution in [1.29, 1.82) is 0 Å². The monoisotopic (exact) mass is 314 g/mol. The van der Waals surface area contributed by atoms with Crippen molar-refractivity contribution in [2.24, 2.45) is 0 Å². The molecule has 0 unspecified atom stereocenters. The lowest BCUT2D eigenvalue weighted by Gasteiger charge is -2.18. The zero-order valence-electron chi connectivity index (χ0n) is 16.0. The molecule has 0 aromatic heterocycles. The molecule has 1 aromatic rings. The van der Waals surface area contributed by atoms with Crippen LogP contribution in [0.2, 0.25) is 0 Å². The summed E-state index contributed by atoms with van der Waals surface area (Å²) in [7, 11) is 0. The molecule has 0 bridgehead atoms. The first-order chi connectivity index (χ1) is 11.0. The van der Waals surface area contributed by atoms with Crippen molar-refractivity contribution in [2.45, 2.75) is 97.3 Å². The molecular formula is C23H38. The van der Waals surface area contributed by atoms with E-state index in [0.717, 1.165) is 0 Å². The average Bonchev–Trinajstić information content (AvgIpc) is 2.52. The molecule has 0 spiro atoms. The zero-order chi connectivity index (χ0) is 17.0. The summed E-state index contributed by atoms with van der Waals surface area (Å²) in [5.41, 5.74) is 2.99. The maximum absolute atomic E-state index is 2.34. The Balaban J connectivity index is 2.08. The first-order valence-electron chi connectivity index (χ1n) is 9.81. The van der Waals surface area contributed by atoms with Crippen LogP contribution in [0.15, 0.2) is 30.3 Å². The maximum Gasteiger partial charge on any atom is -0.0132 e. The summed E-state index contributed by atoms with van der Waals surface area (Å²) in [6, 6.07) is 9.01. The summed E-state index contributed by atoms with van der Waals surface area (Å²) in [5, 5.41) is 0. The van der Waals surface area contributed by atoms with Crippen LogP contribution < -0.4 is 0 Å². The van der Waals surface area contributed by atoms with E-state index < -0.39 is 0 Å². The predicted molar refractivity (Wildman–Crippen MR) is 106 cm³/mol. The second-order valence-corrected chi connectivity index (χ2v) is 7.89. The molecule has 130 valence electrons. The molecule has 0 heteroatoms. The number of benzene rings is 1. The third-order valence-electron chi connectivity index (χ3n) is 4.56. The molecule has 1 rings (SSSR count). The van der Waals surface area contributed by atoms with Gasteiger partial charge in [-0.25, -0.2) is 0 Å². The Labute approximate surface area is 145 Å². The normalized spacial score (nSPS) is 12.2. The predicted octanol–water partition coefficient (Wildman–Crippen LogP) is 7.92. The van der Waals surface area contributed by atoms with E-state index in [1.165, 1.54) is 75.3 Å². The Kier molecular flexibility index (Phi) is 9.99. The van der Waals surface area contributed by atoms with Crippen LogP contribution in [0, 0.1) is 0 Å². The minimum absolute atomic E-state index is 0.249. The SMILES string of the molecule is CCCCCCCCCCC/C=C\c1ccc(C(C)(C)C)cc1. The molecule has 0 saturated carbocycles. The number of hydrogen-bond donors (Lipinski definition) is 0. The minimum Gasteiger partial charge on any atom is -0.0839 e. The fourth-order valence-electron chi connectivity index (χ4n) is 2.89. The summed E-state index contributed by atoms with van der Waals surface area (Å²) in [4.78, 5) is 0. The summed E-state index contributed by atoms with van der Waals surface area (Å²) in [5.74, 6) is 0. The Morgan fingerprint density at radius 3 is 1.78 bits per heavy atom. The van der Waals surface area contributed by atoms with Gasteiger partial charge in [-0.2, -0.15) is 0 Å². The van der Waals surface area contributed by atoms with Crippen LogP contribution in [0.4, 0.5) is 0 Å². The fourth-order valence-corrected chi connectivity index (χ4v) is 2.89. The number of unbranched alkanes of at least 4 members (excludes halogenated alkanes) is 9. The number of rotatable bonds is 11. The molecule has 1 aromatic carbocycles. The van der Waals surface area contributed by atoms with E-state index in [-0.39, 0.29) is 5.41 Å². The van der Waals surface area contributed by atoms with Crippen molar-refractivity contribution in [1.82, 2.24) is 0 Å². The molecular weight excluding hydrogens is 276 g/mol. The zero-order valence-corrected chi connectivity index (χ0v) is 16.0. The molecule has 0 aliphatic rings. The van der Waals surface area contributed by atoms with E-state index in [1.807, 2.05) is 0 Å². The molecule has 0 fully saturated rings. The molecule has 0 amide bonds. The summed E-state index contributed by atoms with van der Waals surface area (Å²) in [6.45, 7) is 9.08. The fraction of sp³-hybridized carbons (Fsp3) is 0.652. The van der Waals surface area contributed by atoms with Gasteiger partial charge in [0.05, 0.1) is 0 Å². The Hall–Kier alpha value is -1.04. The highest BCUT2D eigenvalue weighted by Gasteiger charge is 2.12. The van der Waals surface area contributed by atoms with Gasteiger partial charge in [-0.15, -0.1) is 0 Å². The molecule has 0 aliphatic heterocycles. The van der Waals surface area contributed by atoms with Gasteiger partial charge in [0.2, 0.25) is 0 Å². The van der Waals surface area contributed by atoms with Crippen LogP contribution in [0.5, 0.6) is 0 Å². The van der Waals surface area contributed by atoms with Crippen molar-refractivity contribution in [3.63, 3.8) is 0 Å². The molecule has 0 saturated heterocycles. The topological polar surface area (TPSA) is 0 Å². The van der Waals surface area contributed by atoms with Gasteiger partial charge >= 0.3 is 0 Å². The van der Waals surface area contributed by atoms with Crippen molar-refractivity contribution >= 4 is 6.08 Å². The van der Waals surface area contributed by atoms with E-state index in [1.54, 1.807) is 0 Å². The van der Waals surface area contributed by atoms with Gasteiger partial charge in [0.25, 0.3) is 0 Å². The van der Waals surface area contributed by atoms with E-state index in [2.05, 4.69) is 64.1 Å². The Morgan fingerprint density at radius 2 is 1.26 bits per heavy atom. The van der Waals surface area contributed by atoms with Crippen molar-refractivity contribution < 1.29 is 0 Å². The second kappa shape index (κ2) is 11.5. The van der Waals surface area contributed by atoms with Gasteiger partial charge in [0, 0.05) is 0 Å². The van der Waals surface area contributed by atoms with Gasteiger partial charge < -0.3 is 0 Å². The van der Waals surface area contributed by atoms with Gasteiger partial charge in [-0.05, 0) is 29.4 Å².